The molecule has 0 aliphatic rings. The minimum atomic E-state index is -0.190. The minimum absolute atomic E-state index is 0.133. The van der Waals surface area contributed by atoms with Crippen molar-refractivity contribution < 1.29 is 4.74 Å². The first-order valence-electron chi connectivity index (χ1n) is 5.89. The first-order valence-corrected chi connectivity index (χ1v) is 7.09. The van der Waals surface area contributed by atoms with E-state index in [-0.39, 0.29) is 12.1 Å². The van der Waals surface area contributed by atoms with Gasteiger partial charge in [0.05, 0.1) is 10.4 Å². The standard InChI is InChI=1S/C14H16ClNOS/c1-2-17-14(10-6-4-3-5-7-10)13(16)11-8-9-12(15)18-11/h3-9,13-14H,2,16H2,1H3. The Bertz CT molecular complexity index is 486. The molecular weight excluding hydrogens is 266 g/mol. The van der Waals surface area contributed by atoms with Crippen molar-refractivity contribution in [1.29, 1.82) is 0 Å². The van der Waals surface area contributed by atoms with Crippen LogP contribution in [0.25, 0.3) is 0 Å². The third-order valence-corrected chi connectivity index (χ3v) is 4.06. The minimum Gasteiger partial charge on any atom is -0.372 e. The van der Waals surface area contributed by atoms with Gasteiger partial charge < -0.3 is 10.5 Å². The smallest absolute Gasteiger partial charge is 0.102 e. The van der Waals surface area contributed by atoms with Crippen molar-refractivity contribution in [3.8, 4) is 0 Å². The topological polar surface area (TPSA) is 35.2 Å². The predicted molar refractivity (Wildman–Crippen MR) is 77.1 cm³/mol. The highest BCUT2D eigenvalue weighted by Gasteiger charge is 2.22. The molecule has 1 heterocycles. The van der Waals surface area contributed by atoms with E-state index in [0.717, 1.165) is 14.8 Å². The summed E-state index contributed by atoms with van der Waals surface area (Å²) in [6.07, 6.45) is -0.133. The van der Waals surface area contributed by atoms with Crippen LogP contribution >= 0.6 is 22.9 Å². The van der Waals surface area contributed by atoms with Crippen molar-refractivity contribution in [2.24, 2.45) is 5.73 Å². The van der Waals surface area contributed by atoms with Crippen LogP contribution in [0.4, 0.5) is 0 Å². The summed E-state index contributed by atoms with van der Waals surface area (Å²) in [6, 6.07) is 13.7. The molecule has 0 radical (unpaired) electrons. The predicted octanol–water partition coefficient (Wildman–Crippen LogP) is 4.18. The SMILES string of the molecule is CCOC(c1ccccc1)C(N)c1ccc(Cl)s1. The Hall–Kier alpha value is -0.870. The Morgan fingerprint density at radius 2 is 1.94 bits per heavy atom. The number of benzene rings is 1. The first-order chi connectivity index (χ1) is 8.72. The molecule has 0 saturated carbocycles. The second-order valence-corrected chi connectivity index (χ2v) is 5.70. The van der Waals surface area contributed by atoms with E-state index in [9.17, 15) is 0 Å². The maximum atomic E-state index is 6.30. The summed E-state index contributed by atoms with van der Waals surface area (Å²) in [4.78, 5) is 1.04. The van der Waals surface area contributed by atoms with Gasteiger partial charge in [-0.1, -0.05) is 41.9 Å². The average Bonchev–Trinajstić information content (AvgIpc) is 2.83. The Morgan fingerprint density at radius 1 is 1.22 bits per heavy atom. The molecule has 0 aliphatic carbocycles. The van der Waals surface area contributed by atoms with Crippen molar-refractivity contribution in [2.45, 2.75) is 19.1 Å². The molecular formula is C14H16ClNOS. The third-order valence-electron chi connectivity index (χ3n) is 2.72. The highest BCUT2D eigenvalue weighted by atomic mass is 35.5. The van der Waals surface area contributed by atoms with Crippen LogP contribution in [0.2, 0.25) is 4.34 Å². The number of hydrogen-bond donors (Lipinski definition) is 1. The average molecular weight is 282 g/mol. The fraction of sp³-hybridized carbons (Fsp3) is 0.286. The van der Waals surface area contributed by atoms with Crippen LogP contribution in [0, 0.1) is 0 Å². The molecule has 96 valence electrons. The molecule has 2 N–H and O–H groups in total. The molecule has 2 nitrogen and oxygen atoms in total. The van der Waals surface area contributed by atoms with Crippen molar-refractivity contribution in [1.82, 2.24) is 0 Å². The van der Waals surface area contributed by atoms with Gasteiger partial charge in [-0.15, -0.1) is 11.3 Å². The second kappa shape index (κ2) is 6.34. The van der Waals surface area contributed by atoms with E-state index in [0.29, 0.717) is 6.61 Å². The Kier molecular flexibility index (Phi) is 4.78. The number of thiophene rings is 1. The van der Waals surface area contributed by atoms with E-state index in [1.54, 1.807) is 0 Å². The van der Waals surface area contributed by atoms with E-state index in [1.807, 2.05) is 49.4 Å². The summed E-state index contributed by atoms with van der Waals surface area (Å²) in [6.45, 7) is 2.61. The van der Waals surface area contributed by atoms with Crippen LogP contribution in [0.5, 0.6) is 0 Å². The number of nitrogens with two attached hydrogens (primary N) is 1. The summed E-state index contributed by atoms with van der Waals surface area (Å²) in [5, 5.41) is 0. The lowest BCUT2D eigenvalue weighted by atomic mass is 10.0. The normalized spacial score (nSPS) is 14.4. The number of ether oxygens (including phenoxy) is 1. The maximum absolute atomic E-state index is 6.30. The van der Waals surface area contributed by atoms with Gasteiger partial charge in [0.15, 0.2) is 0 Å². The van der Waals surface area contributed by atoms with Gasteiger partial charge in [-0.25, -0.2) is 0 Å². The van der Waals surface area contributed by atoms with E-state index in [2.05, 4.69) is 0 Å². The lowest BCUT2D eigenvalue weighted by Crippen LogP contribution is -2.21. The van der Waals surface area contributed by atoms with Crippen molar-refractivity contribution in [3.05, 3.63) is 57.2 Å². The molecule has 0 aliphatic heterocycles. The van der Waals surface area contributed by atoms with Crippen molar-refractivity contribution >= 4 is 22.9 Å². The van der Waals surface area contributed by atoms with E-state index in [4.69, 9.17) is 22.1 Å². The first kappa shape index (κ1) is 13.6. The molecule has 1 aromatic carbocycles. The van der Waals surface area contributed by atoms with Gasteiger partial charge in [0.1, 0.15) is 6.10 Å². The fourth-order valence-corrected chi connectivity index (χ4v) is 2.97. The second-order valence-electron chi connectivity index (χ2n) is 3.95. The molecule has 0 bridgehead atoms. The molecule has 0 saturated heterocycles. The maximum Gasteiger partial charge on any atom is 0.102 e. The highest BCUT2D eigenvalue weighted by molar-refractivity contribution is 7.16. The summed E-state index contributed by atoms with van der Waals surface area (Å²) in [5.41, 5.74) is 7.39. The van der Waals surface area contributed by atoms with Gasteiger partial charge >= 0.3 is 0 Å². The third kappa shape index (κ3) is 3.12. The zero-order valence-electron chi connectivity index (χ0n) is 10.2. The Balaban J connectivity index is 2.25. The molecule has 18 heavy (non-hydrogen) atoms. The quantitative estimate of drug-likeness (QED) is 0.892. The zero-order chi connectivity index (χ0) is 13.0. The molecule has 0 amide bonds. The molecule has 4 heteroatoms. The molecule has 1 aromatic heterocycles. The highest BCUT2D eigenvalue weighted by Crippen LogP contribution is 2.35. The largest absolute Gasteiger partial charge is 0.372 e. The summed E-state index contributed by atoms with van der Waals surface area (Å²) in [7, 11) is 0. The molecule has 2 unspecified atom stereocenters. The summed E-state index contributed by atoms with van der Waals surface area (Å²) >= 11 is 7.46. The molecule has 0 fully saturated rings. The molecule has 2 rings (SSSR count). The summed E-state index contributed by atoms with van der Waals surface area (Å²) in [5.74, 6) is 0. The van der Waals surface area contributed by atoms with Gasteiger partial charge in [0.2, 0.25) is 0 Å². The Labute approximate surface area is 116 Å². The van der Waals surface area contributed by atoms with Gasteiger partial charge in [-0.2, -0.15) is 0 Å². The number of halogens is 1. The summed E-state index contributed by atoms with van der Waals surface area (Å²) < 4.78 is 6.55. The van der Waals surface area contributed by atoms with Crippen molar-refractivity contribution in [2.75, 3.05) is 6.61 Å². The van der Waals surface area contributed by atoms with Gasteiger partial charge in [-0.3, -0.25) is 0 Å². The van der Waals surface area contributed by atoms with E-state index < -0.39 is 0 Å². The Morgan fingerprint density at radius 3 is 2.50 bits per heavy atom. The van der Waals surface area contributed by atoms with Gasteiger partial charge in [0.25, 0.3) is 0 Å². The van der Waals surface area contributed by atoms with Crippen LogP contribution < -0.4 is 5.73 Å². The van der Waals surface area contributed by atoms with Crippen LogP contribution in [0.1, 0.15) is 29.5 Å². The lowest BCUT2D eigenvalue weighted by molar-refractivity contribution is 0.0437. The van der Waals surface area contributed by atoms with E-state index in [1.165, 1.54) is 11.3 Å². The van der Waals surface area contributed by atoms with Gasteiger partial charge in [-0.05, 0) is 24.6 Å². The van der Waals surface area contributed by atoms with E-state index >= 15 is 0 Å². The molecule has 2 aromatic rings. The van der Waals surface area contributed by atoms with Crippen LogP contribution in [0.15, 0.2) is 42.5 Å². The van der Waals surface area contributed by atoms with Crippen molar-refractivity contribution in [3.63, 3.8) is 0 Å². The monoisotopic (exact) mass is 281 g/mol. The van der Waals surface area contributed by atoms with Crippen LogP contribution in [-0.2, 0) is 4.74 Å². The van der Waals surface area contributed by atoms with Crippen LogP contribution in [0.3, 0.4) is 0 Å². The number of rotatable bonds is 5. The fourth-order valence-electron chi connectivity index (χ4n) is 1.89. The zero-order valence-corrected chi connectivity index (χ0v) is 11.7. The molecule has 0 spiro atoms. The van der Waals surface area contributed by atoms with Crippen LogP contribution in [-0.4, -0.2) is 6.61 Å². The van der Waals surface area contributed by atoms with Gasteiger partial charge in [0, 0.05) is 11.5 Å². The number of hydrogen-bond acceptors (Lipinski definition) is 3. The lowest BCUT2D eigenvalue weighted by Gasteiger charge is -2.23. The molecule has 2 atom stereocenters.